The predicted molar refractivity (Wildman–Crippen MR) is 83.5 cm³/mol. The summed E-state index contributed by atoms with van der Waals surface area (Å²) in [4.78, 5) is 4.51. The van der Waals surface area contributed by atoms with Gasteiger partial charge in [0.25, 0.3) is 0 Å². The minimum atomic E-state index is 0.307. The largest absolute Gasteiger partial charge is 0.452 e. The Bertz CT molecular complexity index is 535. The lowest BCUT2D eigenvalue weighted by Gasteiger charge is -2.16. The first-order valence-corrected chi connectivity index (χ1v) is 7.66. The maximum absolute atomic E-state index is 5.74. The Morgan fingerprint density at radius 3 is 2.62 bits per heavy atom. The monoisotopic (exact) mass is 288 g/mol. The zero-order chi connectivity index (χ0) is 15.1. The summed E-state index contributed by atoms with van der Waals surface area (Å²) in [6.45, 7) is 8.22. The van der Waals surface area contributed by atoms with Crippen LogP contribution in [0.15, 0.2) is 30.7 Å². The molecule has 0 saturated heterocycles. The van der Waals surface area contributed by atoms with Crippen molar-refractivity contribution in [3.05, 3.63) is 36.4 Å². The number of aryl methyl sites for hydroxylation is 1. The molecule has 2 rings (SSSR count). The molecule has 0 radical (unpaired) electrons. The Labute approximate surface area is 126 Å². The average Bonchev–Trinajstić information content (AvgIpc) is 2.97. The van der Waals surface area contributed by atoms with Crippen molar-refractivity contribution in [2.24, 2.45) is 0 Å². The van der Waals surface area contributed by atoms with Gasteiger partial charge in [0, 0.05) is 12.6 Å². The van der Waals surface area contributed by atoms with E-state index in [0.717, 1.165) is 43.1 Å². The molecule has 0 aliphatic heterocycles. The van der Waals surface area contributed by atoms with E-state index >= 15 is 0 Å². The molecule has 0 bridgehead atoms. The van der Waals surface area contributed by atoms with Crippen molar-refractivity contribution in [3.63, 3.8) is 0 Å². The molecular weight excluding hydrogens is 264 g/mol. The number of nitrogens with one attached hydrogen (secondary N) is 1. The van der Waals surface area contributed by atoms with Gasteiger partial charge in [-0.3, -0.25) is 9.67 Å². The number of nitrogens with zero attached hydrogens (tertiary/aromatic N) is 3. The summed E-state index contributed by atoms with van der Waals surface area (Å²) in [5, 5.41) is 7.68. The van der Waals surface area contributed by atoms with E-state index in [1.807, 2.05) is 29.9 Å². The van der Waals surface area contributed by atoms with Crippen LogP contribution in [-0.2, 0) is 6.54 Å². The fraction of sp³-hybridized carbons (Fsp3) is 0.500. The van der Waals surface area contributed by atoms with Crippen molar-refractivity contribution in [2.45, 2.75) is 46.2 Å². The molecule has 2 aromatic heterocycles. The first-order valence-electron chi connectivity index (χ1n) is 7.66. The lowest BCUT2D eigenvalue weighted by molar-refractivity contribution is 0.473. The third-order valence-electron chi connectivity index (χ3n) is 3.33. The van der Waals surface area contributed by atoms with Gasteiger partial charge >= 0.3 is 0 Å². The summed E-state index contributed by atoms with van der Waals surface area (Å²) in [6.07, 6.45) is 7.52. The van der Waals surface area contributed by atoms with Crippen LogP contribution >= 0.6 is 0 Å². The van der Waals surface area contributed by atoms with Crippen molar-refractivity contribution in [3.8, 4) is 11.5 Å². The van der Waals surface area contributed by atoms with Crippen LogP contribution < -0.4 is 10.1 Å². The van der Waals surface area contributed by atoms with Crippen molar-refractivity contribution >= 4 is 0 Å². The molecule has 1 unspecified atom stereocenters. The summed E-state index contributed by atoms with van der Waals surface area (Å²) in [5.74, 6) is 1.47. The van der Waals surface area contributed by atoms with E-state index < -0.39 is 0 Å². The van der Waals surface area contributed by atoms with Crippen LogP contribution in [-0.4, -0.2) is 21.3 Å². The van der Waals surface area contributed by atoms with Gasteiger partial charge in [0.2, 0.25) is 0 Å². The van der Waals surface area contributed by atoms with Gasteiger partial charge in [0.15, 0.2) is 5.75 Å². The van der Waals surface area contributed by atoms with Gasteiger partial charge < -0.3 is 10.1 Å². The van der Waals surface area contributed by atoms with Crippen LogP contribution in [0.25, 0.3) is 0 Å². The Morgan fingerprint density at radius 2 is 2.05 bits per heavy atom. The highest BCUT2D eigenvalue weighted by molar-refractivity contribution is 5.27. The number of ether oxygens (including phenoxy) is 1. The highest BCUT2D eigenvalue weighted by Gasteiger charge is 2.10. The van der Waals surface area contributed by atoms with Crippen molar-refractivity contribution in [1.82, 2.24) is 20.1 Å². The van der Waals surface area contributed by atoms with Crippen molar-refractivity contribution in [2.75, 3.05) is 6.54 Å². The topological polar surface area (TPSA) is 52.0 Å². The van der Waals surface area contributed by atoms with Gasteiger partial charge in [-0.1, -0.05) is 13.8 Å². The Kier molecular flexibility index (Phi) is 5.75. The average molecular weight is 288 g/mol. The Morgan fingerprint density at radius 1 is 1.19 bits per heavy atom. The van der Waals surface area contributed by atoms with Crippen LogP contribution in [0, 0.1) is 0 Å². The zero-order valence-corrected chi connectivity index (χ0v) is 13.0. The first-order chi connectivity index (χ1) is 10.3. The maximum atomic E-state index is 5.74. The van der Waals surface area contributed by atoms with Gasteiger partial charge in [-0.05, 0) is 38.4 Å². The first kappa shape index (κ1) is 15.5. The molecule has 0 spiro atoms. The minimum absolute atomic E-state index is 0.307. The molecule has 114 valence electrons. The van der Waals surface area contributed by atoms with E-state index in [1.165, 1.54) is 0 Å². The Balaban J connectivity index is 2.00. The highest BCUT2D eigenvalue weighted by Crippen LogP contribution is 2.22. The fourth-order valence-electron chi connectivity index (χ4n) is 2.14. The van der Waals surface area contributed by atoms with E-state index in [9.17, 15) is 0 Å². The normalized spacial score (nSPS) is 12.3. The van der Waals surface area contributed by atoms with Crippen LogP contribution in [0.2, 0.25) is 0 Å². The SMILES string of the molecule is CCCNC(CC)c1ccc(Oc2cnn(CC)c2)cn1. The predicted octanol–water partition coefficient (Wildman–Crippen LogP) is 3.54. The van der Waals surface area contributed by atoms with E-state index in [2.05, 4.69) is 29.2 Å². The number of pyridine rings is 1. The molecular formula is C16H24N4O. The molecule has 21 heavy (non-hydrogen) atoms. The van der Waals surface area contributed by atoms with Gasteiger partial charge in [-0.25, -0.2) is 0 Å². The molecule has 0 aliphatic rings. The quantitative estimate of drug-likeness (QED) is 0.807. The summed E-state index contributed by atoms with van der Waals surface area (Å²) in [5.41, 5.74) is 1.06. The lowest BCUT2D eigenvalue weighted by Crippen LogP contribution is -2.22. The second-order valence-corrected chi connectivity index (χ2v) is 4.97. The van der Waals surface area contributed by atoms with E-state index in [0.29, 0.717) is 6.04 Å². The van der Waals surface area contributed by atoms with Crippen LogP contribution in [0.1, 0.15) is 45.3 Å². The standard InChI is InChI=1S/C16H24N4O/c1-4-9-17-15(5-2)16-8-7-13(10-18-16)21-14-11-19-20(6-3)12-14/h7-8,10-12,15,17H,4-6,9H2,1-3H3. The van der Waals surface area contributed by atoms with Gasteiger partial charge in [-0.2, -0.15) is 5.10 Å². The Hall–Kier alpha value is -1.88. The summed E-state index contributed by atoms with van der Waals surface area (Å²) in [6, 6.07) is 4.29. The molecule has 2 aromatic rings. The third kappa shape index (κ3) is 4.29. The number of aromatic nitrogens is 3. The molecule has 1 atom stereocenters. The molecule has 0 amide bonds. The van der Waals surface area contributed by atoms with Crippen LogP contribution in [0.4, 0.5) is 0 Å². The minimum Gasteiger partial charge on any atom is -0.452 e. The summed E-state index contributed by atoms with van der Waals surface area (Å²) >= 11 is 0. The summed E-state index contributed by atoms with van der Waals surface area (Å²) in [7, 11) is 0. The maximum Gasteiger partial charge on any atom is 0.165 e. The number of rotatable bonds is 8. The van der Waals surface area contributed by atoms with Crippen LogP contribution in [0.3, 0.4) is 0 Å². The highest BCUT2D eigenvalue weighted by atomic mass is 16.5. The second-order valence-electron chi connectivity index (χ2n) is 4.97. The van der Waals surface area contributed by atoms with Crippen molar-refractivity contribution in [1.29, 1.82) is 0 Å². The van der Waals surface area contributed by atoms with E-state index in [4.69, 9.17) is 4.74 Å². The fourth-order valence-corrected chi connectivity index (χ4v) is 2.14. The molecule has 1 N–H and O–H groups in total. The molecule has 0 fully saturated rings. The lowest BCUT2D eigenvalue weighted by atomic mass is 10.1. The number of hydrogen-bond donors (Lipinski definition) is 1. The third-order valence-corrected chi connectivity index (χ3v) is 3.33. The zero-order valence-electron chi connectivity index (χ0n) is 13.0. The molecule has 2 heterocycles. The van der Waals surface area contributed by atoms with Gasteiger partial charge in [0.05, 0.1) is 24.3 Å². The summed E-state index contributed by atoms with van der Waals surface area (Å²) < 4.78 is 7.58. The molecule has 5 nitrogen and oxygen atoms in total. The second kappa shape index (κ2) is 7.78. The molecule has 5 heteroatoms. The molecule has 0 aliphatic carbocycles. The van der Waals surface area contributed by atoms with E-state index in [-0.39, 0.29) is 0 Å². The number of hydrogen-bond acceptors (Lipinski definition) is 4. The molecule has 0 aromatic carbocycles. The smallest absolute Gasteiger partial charge is 0.165 e. The van der Waals surface area contributed by atoms with Gasteiger partial charge in [0.1, 0.15) is 5.75 Å². The van der Waals surface area contributed by atoms with Crippen LogP contribution in [0.5, 0.6) is 11.5 Å². The van der Waals surface area contributed by atoms with Crippen molar-refractivity contribution < 1.29 is 4.74 Å². The molecule has 0 saturated carbocycles. The van der Waals surface area contributed by atoms with Gasteiger partial charge in [-0.15, -0.1) is 0 Å². The van der Waals surface area contributed by atoms with E-state index in [1.54, 1.807) is 12.4 Å².